The lowest BCUT2D eigenvalue weighted by molar-refractivity contribution is -0.384. The van der Waals surface area contributed by atoms with E-state index in [1.165, 1.54) is 0 Å². The molecule has 0 saturated heterocycles. The summed E-state index contributed by atoms with van der Waals surface area (Å²) < 4.78 is 26.5. The molecule has 0 heterocycles. The lowest BCUT2D eigenvalue weighted by atomic mass is 10.1. The zero-order chi connectivity index (χ0) is 16.4. The number of halogens is 2. The molecule has 0 bridgehead atoms. The van der Waals surface area contributed by atoms with E-state index in [-0.39, 0.29) is 10.9 Å². The molecule has 1 atom stereocenters. The SMILES string of the molecule is CC(C)C(C#N)NS(=O)(=O)c1ccc(Cl)c([N+](=O)[O-])c1Cl. The first kappa shape index (κ1) is 17.7. The zero-order valence-electron chi connectivity index (χ0n) is 11.0. The summed E-state index contributed by atoms with van der Waals surface area (Å²) in [4.78, 5) is 9.51. The van der Waals surface area contributed by atoms with E-state index in [0.29, 0.717) is 0 Å². The van der Waals surface area contributed by atoms with E-state index < -0.39 is 36.6 Å². The van der Waals surface area contributed by atoms with E-state index in [9.17, 15) is 18.5 Å². The molecule has 0 aliphatic rings. The predicted molar refractivity (Wildman–Crippen MR) is 77.7 cm³/mol. The van der Waals surface area contributed by atoms with Crippen molar-refractivity contribution in [2.75, 3.05) is 0 Å². The van der Waals surface area contributed by atoms with Gasteiger partial charge in [0.15, 0.2) is 0 Å². The summed E-state index contributed by atoms with van der Waals surface area (Å²) in [5.74, 6) is -0.286. The highest BCUT2D eigenvalue weighted by molar-refractivity contribution is 7.89. The van der Waals surface area contributed by atoms with E-state index in [1.54, 1.807) is 19.9 Å². The number of nitro groups is 1. The summed E-state index contributed by atoms with van der Waals surface area (Å²) in [5.41, 5.74) is -0.695. The Balaban J connectivity index is 3.37. The maximum absolute atomic E-state index is 12.2. The van der Waals surface area contributed by atoms with Crippen LogP contribution < -0.4 is 4.72 Å². The van der Waals surface area contributed by atoms with Gasteiger partial charge in [-0.05, 0) is 18.1 Å². The number of nitrogens with zero attached hydrogens (tertiary/aromatic N) is 2. The quantitative estimate of drug-likeness (QED) is 0.647. The largest absolute Gasteiger partial charge is 0.307 e. The second kappa shape index (κ2) is 6.58. The van der Waals surface area contributed by atoms with Gasteiger partial charge in [0.05, 0.1) is 11.0 Å². The Kier molecular flexibility index (Phi) is 5.53. The van der Waals surface area contributed by atoms with Crippen LogP contribution in [0.3, 0.4) is 0 Å². The van der Waals surface area contributed by atoms with Crippen molar-refractivity contribution in [3.8, 4) is 6.07 Å². The average molecular weight is 352 g/mol. The minimum absolute atomic E-state index is 0.273. The zero-order valence-corrected chi connectivity index (χ0v) is 13.3. The Morgan fingerprint density at radius 3 is 2.38 bits per heavy atom. The van der Waals surface area contributed by atoms with Crippen LogP contribution in [0.5, 0.6) is 0 Å². The number of nitro benzene ring substituents is 1. The van der Waals surface area contributed by atoms with Gasteiger partial charge in [0.1, 0.15) is 21.0 Å². The molecule has 0 saturated carbocycles. The highest BCUT2D eigenvalue weighted by Gasteiger charge is 2.30. The van der Waals surface area contributed by atoms with E-state index in [4.69, 9.17) is 28.5 Å². The van der Waals surface area contributed by atoms with Crippen molar-refractivity contribution in [1.82, 2.24) is 4.72 Å². The molecule has 10 heteroatoms. The van der Waals surface area contributed by atoms with Crippen molar-refractivity contribution in [2.45, 2.75) is 24.8 Å². The lowest BCUT2D eigenvalue weighted by Crippen LogP contribution is -2.37. The Hall–Kier alpha value is -1.40. The number of rotatable bonds is 5. The Morgan fingerprint density at radius 1 is 1.38 bits per heavy atom. The van der Waals surface area contributed by atoms with Crippen LogP contribution in [0.4, 0.5) is 5.69 Å². The van der Waals surface area contributed by atoms with Crippen molar-refractivity contribution in [3.05, 3.63) is 32.3 Å². The van der Waals surface area contributed by atoms with Crippen LogP contribution in [0.25, 0.3) is 0 Å². The van der Waals surface area contributed by atoms with Crippen LogP contribution in [-0.4, -0.2) is 19.4 Å². The topological polar surface area (TPSA) is 113 Å². The average Bonchev–Trinajstić information content (AvgIpc) is 2.34. The van der Waals surface area contributed by atoms with E-state index in [2.05, 4.69) is 4.72 Å². The van der Waals surface area contributed by atoms with Gasteiger partial charge in [-0.3, -0.25) is 10.1 Å². The fourth-order valence-electron chi connectivity index (χ4n) is 1.44. The van der Waals surface area contributed by atoms with Crippen LogP contribution in [0, 0.1) is 27.4 Å². The minimum atomic E-state index is -4.19. The number of hydrogen-bond acceptors (Lipinski definition) is 5. The summed E-state index contributed by atoms with van der Waals surface area (Å²) in [5, 5.41) is 18.9. The number of sulfonamides is 1. The summed E-state index contributed by atoms with van der Waals surface area (Å²) in [6.07, 6.45) is 0. The van der Waals surface area contributed by atoms with E-state index >= 15 is 0 Å². The standard InChI is InChI=1S/C11H11Cl2N3O4S/c1-6(2)8(5-14)15-21(19,20)9-4-3-7(12)11(10(9)13)16(17)18/h3-4,6,8,15H,1-2H3. The first-order chi connectivity index (χ1) is 9.61. The molecule has 1 aromatic rings. The molecule has 1 unspecified atom stereocenters. The number of nitriles is 1. The molecule has 0 aliphatic heterocycles. The minimum Gasteiger partial charge on any atom is -0.258 e. The van der Waals surface area contributed by atoms with Crippen LogP contribution in [0.15, 0.2) is 17.0 Å². The van der Waals surface area contributed by atoms with E-state index in [0.717, 1.165) is 12.1 Å². The smallest absolute Gasteiger partial charge is 0.258 e. The molecule has 1 aromatic carbocycles. The number of hydrogen-bond donors (Lipinski definition) is 1. The molecule has 1 rings (SSSR count). The summed E-state index contributed by atoms with van der Waals surface area (Å²) in [7, 11) is -4.19. The maximum atomic E-state index is 12.2. The first-order valence-electron chi connectivity index (χ1n) is 5.66. The van der Waals surface area contributed by atoms with Gasteiger partial charge in [0.25, 0.3) is 0 Å². The van der Waals surface area contributed by atoms with Gasteiger partial charge < -0.3 is 0 Å². The van der Waals surface area contributed by atoms with Crippen LogP contribution in [0.2, 0.25) is 10.0 Å². The van der Waals surface area contributed by atoms with Crippen molar-refractivity contribution in [1.29, 1.82) is 5.26 Å². The molecule has 0 fully saturated rings. The van der Waals surface area contributed by atoms with Crippen LogP contribution in [-0.2, 0) is 10.0 Å². The highest BCUT2D eigenvalue weighted by atomic mass is 35.5. The van der Waals surface area contributed by atoms with Crippen LogP contribution in [0.1, 0.15) is 13.8 Å². The van der Waals surface area contributed by atoms with Crippen molar-refractivity contribution >= 4 is 38.9 Å². The molecule has 0 aliphatic carbocycles. The molecular formula is C11H11Cl2N3O4S. The van der Waals surface area contributed by atoms with Gasteiger partial charge in [-0.2, -0.15) is 9.98 Å². The van der Waals surface area contributed by atoms with Gasteiger partial charge in [0.2, 0.25) is 10.0 Å². The summed E-state index contributed by atoms with van der Waals surface area (Å²) in [6.45, 7) is 3.31. The first-order valence-corrected chi connectivity index (χ1v) is 7.90. The molecule has 0 radical (unpaired) electrons. The van der Waals surface area contributed by atoms with Gasteiger partial charge >= 0.3 is 5.69 Å². The second-order valence-electron chi connectivity index (χ2n) is 4.44. The molecule has 114 valence electrons. The van der Waals surface area contributed by atoms with Gasteiger partial charge in [-0.1, -0.05) is 37.0 Å². The van der Waals surface area contributed by atoms with Gasteiger partial charge in [-0.25, -0.2) is 8.42 Å². The Bertz CT molecular complexity index is 713. The van der Waals surface area contributed by atoms with Crippen molar-refractivity contribution in [2.24, 2.45) is 5.92 Å². The van der Waals surface area contributed by atoms with E-state index in [1.807, 2.05) is 0 Å². The molecule has 0 spiro atoms. The highest BCUT2D eigenvalue weighted by Crippen LogP contribution is 2.37. The van der Waals surface area contributed by atoms with Crippen molar-refractivity contribution < 1.29 is 13.3 Å². The lowest BCUT2D eigenvalue weighted by Gasteiger charge is -2.15. The molecule has 7 nitrogen and oxygen atoms in total. The number of nitrogens with one attached hydrogen (secondary N) is 1. The monoisotopic (exact) mass is 351 g/mol. The molecule has 1 N–H and O–H groups in total. The fraction of sp³-hybridized carbons (Fsp3) is 0.364. The summed E-state index contributed by atoms with van der Waals surface area (Å²) >= 11 is 11.4. The molecular weight excluding hydrogens is 341 g/mol. The predicted octanol–water partition coefficient (Wildman–Crippen LogP) is 2.73. The summed E-state index contributed by atoms with van der Waals surface area (Å²) in [6, 6.07) is 2.93. The third kappa shape index (κ3) is 3.83. The van der Waals surface area contributed by atoms with Crippen LogP contribution >= 0.6 is 23.2 Å². The second-order valence-corrected chi connectivity index (χ2v) is 6.90. The Morgan fingerprint density at radius 2 is 1.95 bits per heavy atom. The molecule has 0 amide bonds. The molecule has 21 heavy (non-hydrogen) atoms. The third-order valence-electron chi connectivity index (χ3n) is 2.59. The third-order valence-corrected chi connectivity index (χ3v) is 4.87. The fourth-order valence-corrected chi connectivity index (χ4v) is 3.62. The van der Waals surface area contributed by atoms with Gasteiger partial charge in [0, 0.05) is 0 Å². The molecule has 0 aromatic heterocycles. The van der Waals surface area contributed by atoms with Gasteiger partial charge in [-0.15, -0.1) is 0 Å². The maximum Gasteiger partial charge on any atom is 0.307 e. The van der Waals surface area contributed by atoms with Crippen molar-refractivity contribution in [3.63, 3.8) is 0 Å². The normalized spacial score (nSPS) is 13.0. The Labute approximate surface area is 131 Å². The number of benzene rings is 1.